The number of ether oxygens (including phenoxy) is 2. The number of urea groups is 1. The van der Waals surface area contributed by atoms with Crippen LogP contribution in [-0.2, 0) is 14.3 Å². The molecule has 0 aromatic heterocycles. The first-order chi connectivity index (χ1) is 12.9. The fraction of sp³-hybridized carbons (Fsp3) is 0.500. The number of carboxylic acid groups (broad SMARTS) is 1. The van der Waals surface area contributed by atoms with Crippen molar-refractivity contribution in [2.24, 2.45) is 11.3 Å². The van der Waals surface area contributed by atoms with Crippen molar-refractivity contribution in [3.8, 4) is 5.75 Å². The van der Waals surface area contributed by atoms with Crippen LogP contribution < -0.4 is 10.1 Å². The van der Waals surface area contributed by atoms with Crippen molar-refractivity contribution in [3.63, 3.8) is 0 Å². The molecule has 1 heterocycles. The summed E-state index contributed by atoms with van der Waals surface area (Å²) in [6, 6.07) is 4.29. The predicted octanol–water partition coefficient (Wildman–Crippen LogP) is 2.61. The van der Waals surface area contributed by atoms with Crippen LogP contribution in [0, 0.1) is 11.3 Å². The van der Waals surface area contributed by atoms with Gasteiger partial charge in [0.15, 0.2) is 6.61 Å². The molecule has 0 spiro atoms. The molecule has 0 radical (unpaired) electrons. The second kappa shape index (κ2) is 7.64. The number of carboxylic acids is 1. The summed E-state index contributed by atoms with van der Waals surface area (Å²) >= 11 is 6.12. The molecule has 1 saturated carbocycles. The van der Waals surface area contributed by atoms with Crippen LogP contribution in [0.5, 0.6) is 5.75 Å². The number of esters is 1. The molecule has 0 unspecified atom stereocenters. The van der Waals surface area contributed by atoms with E-state index in [1.807, 2.05) is 0 Å². The normalized spacial score (nSPS) is 23.6. The van der Waals surface area contributed by atoms with Gasteiger partial charge >= 0.3 is 18.0 Å². The van der Waals surface area contributed by atoms with E-state index < -0.39 is 17.4 Å². The maximum atomic E-state index is 12.5. The molecule has 1 aliphatic heterocycles. The van der Waals surface area contributed by atoms with Gasteiger partial charge in [0, 0.05) is 18.8 Å². The van der Waals surface area contributed by atoms with E-state index in [2.05, 4.69) is 10.1 Å². The van der Waals surface area contributed by atoms with Crippen molar-refractivity contribution in [2.45, 2.75) is 19.3 Å². The number of anilines is 1. The lowest BCUT2D eigenvalue weighted by Crippen LogP contribution is -2.38. The molecule has 1 aromatic rings. The first kappa shape index (κ1) is 19.3. The number of carbonyl (C=O) groups excluding carboxylic acids is 2. The Labute approximate surface area is 161 Å². The first-order valence-corrected chi connectivity index (χ1v) is 9.02. The Hall–Kier alpha value is -2.48. The fourth-order valence-electron chi connectivity index (χ4n) is 3.89. The number of carbonyl (C=O) groups is 3. The third kappa shape index (κ3) is 3.80. The quantitative estimate of drug-likeness (QED) is 0.741. The molecule has 146 valence electrons. The summed E-state index contributed by atoms with van der Waals surface area (Å²) in [5.41, 5.74) is -0.363. The zero-order valence-electron chi connectivity index (χ0n) is 14.9. The number of fused-ring (bicyclic) bond motifs is 1. The van der Waals surface area contributed by atoms with Crippen molar-refractivity contribution in [1.29, 1.82) is 0 Å². The van der Waals surface area contributed by atoms with Gasteiger partial charge in [-0.25, -0.2) is 9.59 Å². The molecule has 1 saturated heterocycles. The number of benzene rings is 1. The van der Waals surface area contributed by atoms with Crippen LogP contribution in [0.1, 0.15) is 19.3 Å². The smallest absolute Gasteiger partial charge is 0.343 e. The minimum atomic E-state index is -0.824. The molecule has 2 amide bonds. The SMILES string of the molecule is COC(=O)COc1ccc(NC(=O)N2C[C@@H]3CCC[C@@]3(C(=O)O)C2)cc1Cl. The van der Waals surface area contributed by atoms with E-state index in [4.69, 9.17) is 16.3 Å². The van der Waals surface area contributed by atoms with E-state index in [1.54, 1.807) is 17.0 Å². The fourth-order valence-corrected chi connectivity index (χ4v) is 4.12. The second-order valence-corrected chi connectivity index (χ2v) is 7.28. The largest absolute Gasteiger partial charge is 0.481 e. The number of hydrogen-bond acceptors (Lipinski definition) is 5. The Balaban J connectivity index is 1.62. The number of halogens is 1. The second-order valence-electron chi connectivity index (χ2n) is 6.87. The third-order valence-corrected chi connectivity index (χ3v) is 5.64. The van der Waals surface area contributed by atoms with Crippen LogP contribution in [0.2, 0.25) is 5.02 Å². The van der Waals surface area contributed by atoms with Crippen LogP contribution in [0.25, 0.3) is 0 Å². The van der Waals surface area contributed by atoms with Gasteiger partial charge in [0.1, 0.15) is 5.75 Å². The van der Waals surface area contributed by atoms with Gasteiger partial charge in [0.2, 0.25) is 0 Å². The van der Waals surface area contributed by atoms with Gasteiger partial charge in [-0.2, -0.15) is 0 Å². The van der Waals surface area contributed by atoms with E-state index in [1.165, 1.54) is 13.2 Å². The Morgan fingerprint density at radius 2 is 2.19 bits per heavy atom. The van der Waals surface area contributed by atoms with Crippen molar-refractivity contribution < 1.29 is 29.0 Å². The number of rotatable bonds is 5. The minimum absolute atomic E-state index is 0.00145. The van der Waals surface area contributed by atoms with E-state index in [-0.39, 0.29) is 30.1 Å². The molecule has 1 aliphatic carbocycles. The zero-order chi connectivity index (χ0) is 19.6. The molecule has 27 heavy (non-hydrogen) atoms. The van der Waals surface area contributed by atoms with Crippen LogP contribution in [0.3, 0.4) is 0 Å². The van der Waals surface area contributed by atoms with Crippen LogP contribution in [0.4, 0.5) is 10.5 Å². The van der Waals surface area contributed by atoms with Gasteiger partial charge in [-0.05, 0) is 37.0 Å². The molecule has 9 heteroatoms. The summed E-state index contributed by atoms with van der Waals surface area (Å²) in [6.07, 6.45) is 2.32. The van der Waals surface area contributed by atoms with Gasteiger partial charge in [0.25, 0.3) is 0 Å². The lowest BCUT2D eigenvalue weighted by Gasteiger charge is -2.23. The van der Waals surface area contributed by atoms with Crippen molar-refractivity contribution >= 4 is 35.3 Å². The topological polar surface area (TPSA) is 105 Å². The van der Waals surface area contributed by atoms with E-state index in [0.717, 1.165) is 12.8 Å². The lowest BCUT2D eigenvalue weighted by atomic mass is 9.81. The maximum absolute atomic E-state index is 12.5. The number of methoxy groups -OCH3 is 1. The summed E-state index contributed by atoms with van der Waals surface area (Å²) in [4.78, 5) is 36.9. The standard InChI is InChI=1S/C18H21ClN2O6/c1-26-15(22)9-27-14-5-4-12(7-13(14)19)20-17(25)21-8-11-3-2-6-18(11,10-21)16(23)24/h4-5,7,11H,2-3,6,8-10H2,1H3,(H,20,25)(H,23,24)/t11-,18+/m0/s1. The van der Waals surface area contributed by atoms with Gasteiger partial charge in [-0.15, -0.1) is 0 Å². The summed E-state index contributed by atoms with van der Waals surface area (Å²) in [6.45, 7) is 0.382. The minimum Gasteiger partial charge on any atom is -0.481 e. The van der Waals surface area contributed by atoms with Crippen LogP contribution >= 0.6 is 11.6 Å². The highest BCUT2D eigenvalue weighted by molar-refractivity contribution is 6.32. The Morgan fingerprint density at radius 3 is 2.81 bits per heavy atom. The summed E-state index contributed by atoms with van der Waals surface area (Å²) in [5, 5.41) is 12.6. The third-order valence-electron chi connectivity index (χ3n) is 5.34. The van der Waals surface area contributed by atoms with Crippen molar-refractivity contribution in [1.82, 2.24) is 4.90 Å². The molecule has 2 atom stereocenters. The van der Waals surface area contributed by atoms with Gasteiger partial charge in [0.05, 0.1) is 17.5 Å². The van der Waals surface area contributed by atoms with Crippen LogP contribution in [0.15, 0.2) is 18.2 Å². The highest BCUT2D eigenvalue weighted by atomic mass is 35.5. The average Bonchev–Trinajstić information content (AvgIpc) is 3.19. The monoisotopic (exact) mass is 396 g/mol. The summed E-state index contributed by atoms with van der Waals surface area (Å²) < 4.78 is 9.73. The molecule has 1 aromatic carbocycles. The lowest BCUT2D eigenvalue weighted by molar-refractivity contribution is -0.149. The number of nitrogens with zero attached hydrogens (tertiary/aromatic N) is 1. The molecular formula is C18H21ClN2O6. The zero-order valence-corrected chi connectivity index (χ0v) is 15.6. The molecule has 2 aliphatic rings. The molecular weight excluding hydrogens is 376 g/mol. The van der Waals surface area contributed by atoms with E-state index in [0.29, 0.717) is 24.4 Å². The number of aliphatic carboxylic acids is 1. The number of nitrogens with one attached hydrogen (secondary N) is 1. The highest BCUT2D eigenvalue weighted by Gasteiger charge is 2.55. The highest BCUT2D eigenvalue weighted by Crippen LogP contribution is 2.49. The molecule has 2 fully saturated rings. The van der Waals surface area contributed by atoms with Gasteiger partial charge < -0.3 is 24.8 Å². The predicted molar refractivity (Wildman–Crippen MR) is 97.0 cm³/mol. The Kier molecular flexibility index (Phi) is 5.46. The van der Waals surface area contributed by atoms with Gasteiger partial charge in [-0.3, -0.25) is 4.79 Å². The van der Waals surface area contributed by atoms with Crippen molar-refractivity contribution in [2.75, 3.05) is 32.1 Å². The Morgan fingerprint density at radius 1 is 1.41 bits per heavy atom. The summed E-state index contributed by atoms with van der Waals surface area (Å²) in [5.74, 6) is -1.06. The Bertz CT molecular complexity index is 770. The number of hydrogen-bond donors (Lipinski definition) is 2. The van der Waals surface area contributed by atoms with Gasteiger partial charge in [-0.1, -0.05) is 18.0 Å². The molecule has 8 nitrogen and oxygen atoms in total. The summed E-state index contributed by atoms with van der Waals surface area (Å²) in [7, 11) is 1.26. The average molecular weight is 397 g/mol. The first-order valence-electron chi connectivity index (χ1n) is 8.64. The van der Waals surface area contributed by atoms with Crippen molar-refractivity contribution in [3.05, 3.63) is 23.2 Å². The molecule has 3 rings (SSSR count). The molecule has 2 N–H and O–H groups in total. The van der Waals surface area contributed by atoms with Crippen LogP contribution in [-0.4, -0.2) is 54.8 Å². The maximum Gasteiger partial charge on any atom is 0.343 e. The number of likely N-dealkylation sites (tertiary alicyclic amines) is 1. The number of amides is 2. The van der Waals surface area contributed by atoms with E-state index in [9.17, 15) is 19.5 Å². The molecule has 0 bridgehead atoms. The van der Waals surface area contributed by atoms with E-state index >= 15 is 0 Å².